The number of hydrogen-bond donors (Lipinski definition) is 3. The van der Waals surface area contributed by atoms with Crippen molar-refractivity contribution in [3.8, 4) is 5.75 Å². The molecule has 1 atom stereocenters. The molecule has 7 heteroatoms. The van der Waals surface area contributed by atoms with Crippen molar-refractivity contribution in [1.29, 1.82) is 0 Å². The van der Waals surface area contributed by atoms with E-state index in [1.165, 1.54) is 5.70 Å². The van der Waals surface area contributed by atoms with Crippen LogP contribution in [-0.4, -0.2) is 37.2 Å². The Kier molecular flexibility index (Phi) is 9.97. The quantitative estimate of drug-likeness (QED) is 0.251. The molecule has 40 heavy (non-hydrogen) atoms. The summed E-state index contributed by atoms with van der Waals surface area (Å²) in [6, 6.07) is 14.4. The molecular weight excluding hydrogens is 502 g/mol. The number of carboxylic acid groups (broad SMARTS) is 1. The first-order valence-corrected chi connectivity index (χ1v) is 14.1. The summed E-state index contributed by atoms with van der Waals surface area (Å²) in [4.78, 5) is 24.2. The molecule has 2 aromatic rings. The van der Waals surface area contributed by atoms with E-state index in [9.17, 15) is 14.7 Å². The van der Waals surface area contributed by atoms with Gasteiger partial charge in [0.05, 0.1) is 19.2 Å². The fourth-order valence-electron chi connectivity index (χ4n) is 5.05. The minimum atomic E-state index is -0.950. The molecule has 2 aromatic carbocycles. The maximum absolute atomic E-state index is 13.0. The molecule has 2 heterocycles. The van der Waals surface area contributed by atoms with Gasteiger partial charge >= 0.3 is 5.97 Å². The molecule has 210 valence electrons. The summed E-state index contributed by atoms with van der Waals surface area (Å²) in [5.74, 6) is -0.0442. The minimum absolute atomic E-state index is 0.0972. The molecule has 0 saturated heterocycles. The summed E-state index contributed by atoms with van der Waals surface area (Å²) in [5.41, 5.74) is 3.99. The summed E-state index contributed by atoms with van der Waals surface area (Å²) in [7, 11) is 2.08. The number of quaternary nitrogens is 1. The number of amides is 1. The van der Waals surface area contributed by atoms with Gasteiger partial charge < -0.3 is 20.5 Å². The fraction of sp³-hybridized carbons (Fsp3) is 0.333. The van der Waals surface area contributed by atoms with Gasteiger partial charge in [-0.25, -0.2) is 9.28 Å². The first-order chi connectivity index (χ1) is 19.4. The normalized spacial score (nSPS) is 16.4. The Morgan fingerprint density at radius 1 is 1.05 bits per heavy atom. The van der Waals surface area contributed by atoms with Gasteiger partial charge in [-0.15, -0.1) is 0 Å². The second-order valence-corrected chi connectivity index (χ2v) is 10.6. The van der Waals surface area contributed by atoms with E-state index >= 15 is 0 Å². The van der Waals surface area contributed by atoms with Crippen molar-refractivity contribution in [3.05, 3.63) is 108 Å². The summed E-state index contributed by atoms with van der Waals surface area (Å²) in [6.45, 7) is 3.52. The van der Waals surface area contributed by atoms with Crippen LogP contribution >= 0.6 is 0 Å². The third-order valence-corrected chi connectivity index (χ3v) is 7.40. The van der Waals surface area contributed by atoms with E-state index in [0.29, 0.717) is 28.3 Å². The Hall–Kier alpha value is -4.10. The lowest BCUT2D eigenvalue weighted by atomic mass is 9.97. The van der Waals surface area contributed by atoms with E-state index in [4.69, 9.17) is 4.74 Å². The van der Waals surface area contributed by atoms with Gasteiger partial charge in [0.2, 0.25) is 0 Å². The van der Waals surface area contributed by atoms with Crippen LogP contribution < -0.4 is 19.9 Å². The van der Waals surface area contributed by atoms with Crippen molar-refractivity contribution in [2.75, 3.05) is 20.2 Å². The first kappa shape index (κ1) is 28.9. The Bertz CT molecular complexity index is 1310. The minimum Gasteiger partial charge on any atom is -0.493 e. The van der Waals surface area contributed by atoms with Crippen molar-refractivity contribution < 1.29 is 19.4 Å². The molecule has 3 N–H and O–H groups in total. The number of nitrogens with zero attached hydrogens (tertiary/aromatic N) is 1. The van der Waals surface area contributed by atoms with Gasteiger partial charge in [0, 0.05) is 36.0 Å². The highest BCUT2D eigenvalue weighted by atomic mass is 16.5. The SMILES string of the molecule is CCCC(CCCC1=CC=C(NC(=O)c2cccc([N+]3(C)C=CC=C3)c2)CCN1)COc1cccc(C(=O)O)c1. The molecule has 4 rings (SSSR count). The molecule has 7 nitrogen and oxygen atoms in total. The van der Waals surface area contributed by atoms with Gasteiger partial charge in [-0.1, -0.05) is 25.5 Å². The lowest BCUT2D eigenvalue weighted by Crippen LogP contribution is -2.31. The summed E-state index contributed by atoms with van der Waals surface area (Å²) in [5, 5.41) is 15.8. The number of hydrogen-bond acceptors (Lipinski definition) is 4. The van der Waals surface area contributed by atoms with Crippen LogP contribution in [-0.2, 0) is 0 Å². The number of allylic oxidation sites excluding steroid dienone is 5. The summed E-state index contributed by atoms with van der Waals surface area (Å²) in [6.07, 6.45) is 18.1. The highest BCUT2D eigenvalue weighted by Gasteiger charge is 2.23. The number of carbonyl (C=O) groups is 2. The van der Waals surface area contributed by atoms with Crippen LogP contribution in [0.3, 0.4) is 0 Å². The third-order valence-electron chi connectivity index (χ3n) is 7.40. The molecule has 0 aromatic heterocycles. The molecule has 0 saturated carbocycles. The maximum atomic E-state index is 13.0. The van der Waals surface area contributed by atoms with E-state index < -0.39 is 5.97 Å². The number of carboxylic acids is 1. The van der Waals surface area contributed by atoms with Crippen LogP contribution in [0.4, 0.5) is 5.69 Å². The molecule has 0 radical (unpaired) electrons. The van der Waals surface area contributed by atoms with Crippen molar-refractivity contribution in [2.24, 2.45) is 5.92 Å². The predicted molar refractivity (Wildman–Crippen MR) is 160 cm³/mol. The Morgan fingerprint density at radius 2 is 1.82 bits per heavy atom. The second-order valence-electron chi connectivity index (χ2n) is 10.6. The van der Waals surface area contributed by atoms with Gasteiger partial charge in [0.15, 0.2) is 0 Å². The largest absolute Gasteiger partial charge is 0.493 e. The Morgan fingerprint density at radius 3 is 2.60 bits per heavy atom. The van der Waals surface area contributed by atoms with Crippen molar-refractivity contribution in [1.82, 2.24) is 15.1 Å². The average Bonchev–Trinajstić information content (AvgIpc) is 3.29. The predicted octanol–water partition coefficient (Wildman–Crippen LogP) is 6.52. The van der Waals surface area contributed by atoms with Crippen LogP contribution in [0.1, 0.15) is 66.2 Å². The van der Waals surface area contributed by atoms with Crippen LogP contribution in [0.5, 0.6) is 5.75 Å². The van der Waals surface area contributed by atoms with E-state index in [0.717, 1.165) is 56.5 Å². The molecule has 0 bridgehead atoms. The number of carbonyl (C=O) groups excluding carboxylic acids is 1. The first-order valence-electron chi connectivity index (χ1n) is 14.1. The lowest BCUT2D eigenvalue weighted by molar-refractivity contribution is 0.0696. The third kappa shape index (κ3) is 7.96. The Labute approximate surface area is 237 Å². The molecule has 0 spiro atoms. The van der Waals surface area contributed by atoms with Crippen molar-refractivity contribution >= 4 is 17.6 Å². The maximum Gasteiger partial charge on any atom is 0.335 e. The summed E-state index contributed by atoms with van der Waals surface area (Å²) >= 11 is 0. The molecule has 0 fully saturated rings. The van der Waals surface area contributed by atoms with E-state index in [1.54, 1.807) is 24.3 Å². The molecule has 2 aliphatic rings. The zero-order valence-electron chi connectivity index (χ0n) is 23.4. The Balaban J connectivity index is 1.28. The number of ether oxygens (including phenoxy) is 1. The number of aromatic carboxylic acids is 1. The van der Waals surface area contributed by atoms with Crippen molar-refractivity contribution in [3.63, 3.8) is 0 Å². The van der Waals surface area contributed by atoms with Gasteiger partial charge in [-0.05, 0) is 86.2 Å². The molecule has 2 aliphatic heterocycles. The van der Waals surface area contributed by atoms with E-state index in [-0.39, 0.29) is 11.5 Å². The molecular formula is C33H40N3O4+. The topological polar surface area (TPSA) is 87.7 Å². The lowest BCUT2D eigenvalue weighted by Gasteiger charge is -2.23. The van der Waals surface area contributed by atoms with Crippen LogP contribution in [0.25, 0.3) is 0 Å². The van der Waals surface area contributed by atoms with Crippen molar-refractivity contribution in [2.45, 2.75) is 45.4 Å². The zero-order valence-corrected chi connectivity index (χ0v) is 23.4. The van der Waals surface area contributed by atoms with E-state index in [1.807, 2.05) is 42.5 Å². The van der Waals surface area contributed by atoms with Gasteiger partial charge in [-0.2, -0.15) is 0 Å². The van der Waals surface area contributed by atoms with Crippen LogP contribution in [0.2, 0.25) is 0 Å². The van der Waals surface area contributed by atoms with Crippen LogP contribution in [0.15, 0.2) is 96.6 Å². The zero-order chi connectivity index (χ0) is 28.4. The highest BCUT2D eigenvalue weighted by molar-refractivity contribution is 5.96. The molecule has 1 unspecified atom stereocenters. The van der Waals surface area contributed by atoms with Gasteiger partial charge in [-0.3, -0.25) is 4.79 Å². The monoisotopic (exact) mass is 542 g/mol. The van der Waals surface area contributed by atoms with Crippen LogP contribution in [0, 0.1) is 5.92 Å². The molecule has 1 amide bonds. The second kappa shape index (κ2) is 13.8. The standard InChI is InChI=1S/C33H39N3O4/c1-3-9-25(24-40-31-15-8-12-27(23-31)33(38)39)10-6-13-28-16-17-29(18-19-34-28)35-32(37)26-11-7-14-30(22-26)36(2)20-4-5-21-36/h4-5,7-8,11-12,14-17,20-23,25,34H,3,6,9-10,13,18-19,24H2,1-2H3,(H-,35,37,38,39)/p+1. The number of nitrogens with one attached hydrogen (secondary N) is 2. The average molecular weight is 543 g/mol. The fourth-order valence-corrected chi connectivity index (χ4v) is 5.05. The number of rotatable bonds is 13. The smallest absolute Gasteiger partial charge is 0.335 e. The van der Waals surface area contributed by atoms with Gasteiger partial charge in [0.25, 0.3) is 5.91 Å². The summed E-state index contributed by atoms with van der Waals surface area (Å²) < 4.78 is 6.50. The highest BCUT2D eigenvalue weighted by Crippen LogP contribution is 2.27. The number of benzene rings is 2. The molecule has 0 aliphatic carbocycles. The van der Waals surface area contributed by atoms with Gasteiger partial charge in [0.1, 0.15) is 23.8 Å². The van der Waals surface area contributed by atoms with E-state index in [2.05, 4.69) is 43.1 Å².